The SMILES string of the molecule is CCOC(=O)CC(C)Nc1ccc(C#N)cc1[N+](=O)[O-]. The van der Waals surface area contributed by atoms with Gasteiger partial charge >= 0.3 is 5.97 Å². The molecule has 7 heteroatoms. The predicted octanol–water partition coefficient (Wildman–Crippen LogP) is 2.22. The zero-order valence-electron chi connectivity index (χ0n) is 11.3. The number of nitrogens with one attached hydrogen (secondary N) is 1. The number of nitro benzene ring substituents is 1. The van der Waals surface area contributed by atoms with Crippen molar-refractivity contribution in [1.29, 1.82) is 5.26 Å². The number of nitrogens with zero attached hydrogens (tertiary/aromatic N) is 2. The van der Waals surface area contributed by atoms with Gasteiger partial charge in [0.25, 0.3) is 5.69 Å². The van der Waals surface area contributed by atoms with Crippen LogP contribution in [0.15, 0.2) is 18.2 Å². The molecule has 0 aromatic heterocycles. The van der Waals surface area contributed by atoms with Crippen LogP contribution in [0.4, 0.5) is 11.4 Å². The zero-order valence-corrected chi connectivity index (χ0v) is 11.3. The van der Waals surface area contributed by atoms with E-state index in [9.17, 15) is 14.9 Å². The van der Waals surface area contributed by atoms with Gasteiger partial charge in [0, 0.05) is 12.1 Å². The summed E-state index contributed by atoms with van der Waals surface area (Å²) in [6.45, 7) is 3.73. The fourth-order valence-electron chi connectivity index (χ4n) is 1.66. The molecule has 1 N–H and O–H groups in total. The molecule has 0 radical (unpaired) electrons. The molecule has 1 rings (SSSR count). The number of carbonyl (C=O) groups excluding carboxylic acids is 1. The molecule has 1 aromatic rings. The zero-order chi connectivity index (χ0) is 15.1. The average Bonchev–Trinajstić information content (AvgIpc) is 2.38. The lowest BCUT2D eigenvalue weighted by atomic mass is 10.1. The van der Waals surface area contributed by atoms with Crippen LogP contribution >= 0.6 is 0 Å². The van der Waals surface area contributed by atoms with E-state index in [0.29, 0.717) is 6.61 Å². The molecule has 0 heterocycles. The molecule has 0 fully saturated rings. The molecule has 0 saturated carbocycles. The summed E-state index contributed by atoms with van der Waals surface area (Å²) in [7, 11) is 0. The summed E-state index contributed by atoms with van der Waals surface area (Å²) in [5.74, 6) is -0.371. The van der Waals surface area contributed by atoms with Crippen LogP contribution < -0.4 is 5.32 Å². The minimum atomic E-state index is -0.569. The van der Waals surface area contributed by atoms with Crippen LogP contribution in [-0.2, 0) is 9.53 Å². The fourth-order valence-corrected chi connectivity index (χ4v) is 1.66. The van der Waals surface area contributed by atoms with E-state index in [1.807, 2.05) is 6.07 Å². The second kappa shape index (κ2) is 7.09. The Morgan fingerprint density at radius 3 is 2.85 bits per heavy atom. The summed E-state index contributed by atoms with van der Waals surface area (Å²) in [6.07, 6.45) is 0.102. The Bertz CT molecular complexity index is 551. The van der Waals surface area contributed by atoms with E-state index in [0.717, 1.165) is 0 Å². The largest absolute Gasteiger partial charge is 0.466 e. The van der Waals surface area contributed by atoms with E-state index in [4.69, 9.17) is 10.00 Å². The summed E-state index contributed by atoms with van der Waals surface area (Å²) < 4.78 is 4.81. The maximum atomic E-state index is 11.3. The summed E-state index contributed by atoms with van der Waals surface area (Å²) in [4.78, 5) is 21.7. The van der Waals surface area contributed by atoms with Crippen LogP contribution in [0, 0.1) is 21.4 Å². The molecule has 0 bridgehead atoms. The molecule has 1 unspecified atom stereocenters. The van der Waals surface area contributed by atoms with E-state index < -0.39 is 4.92 Å². The van der Waals surface area contributed by atoms with Gasteiger partial charge in [-0.25, -0.2) is 0 Å². The van der Waals surface area contributed by atoms with E-state index in [2.05, 4.69) is 5.32 Å². The molecule has 20 heavy (non-hydrogen) atoms. The maximum Gasteiger partial charge on any atom is 0.307 e. The van der Waals surface area contributed by atoms with Crippen LogP contribution in [0.3, 0.4) is 0 Å². The molecule has 7 nitrogen and oxygen atoms in total. The Morgan fingerprint density at radius 2 is 2.30 bits per heavy atom. The molecule has 1 atom stereocenters. The van der Waals surface area contributed by atoms with Crippen molar-refractivity contribution in [2.24, 2.45) is 0 Å². The number of hydrogen-bond donors (Lipinski definition) is 1. The highest BCUT2D eigenvalue weighted by Crippen LogP contribution is 2.26. The van der Waals surface area contributed by atoms with Gasteiger partial charge in [0.2, 0.25) is 0 Å². The van der Waals surface area contributed by atoms with Crippen LogP contribution in [0.5, 0.6) is 0 Å². The average molecular weight is 277 g/mol. The first kappa shape index (κ1) is 15.4. The number of hydrogen-bond acceptors (Lipinski definition) is 6. The molecular weight excluding hydrogens is 262 g/mol. The van der Waals surface area contributed by atoms with Crippen LogP contribution in [0.2, 0.25) is 0 Å². The Hall–Kier alpha value is -2.62. The van der Waals surface area contributed by atoms with Crippen molar-refractivity contribution < 1.29 is 14.5 Å². The molecule has 0 saturated heterocycles. The third-order valence-electron chi connectivity index (χ3n) is 2.50. The number of ether oxygens (including phenoxy) is 1. The van der Waals surface area contributed by atoms with Crippen molar-refractivity contribution in [2.45, 2.75) is 26.3 Å². The summed E-state index contributed by atoms with van der Waals surface area (Å²) in [5, 5.41) is 22.6. The summed E-state index contributed by atoms with van der Waals surface area (Å²) in [5.41, 5.74) is 0.283. The van der Waals surface area contributed by atoms with Gasteiger partial charge in [-0.15, -0.1) is 0 Å². The molecule has 1 aromatic carbocycles. The molecule has 0 aliphatic heterocycles. The van der Waals surface area contributed by atoms with Crippen molar-refractivity contribution in [3.05, 3.63) is 33.9 Å². The number of benzene rings is 1. The minimum Gasteiger partial charge on any atom is -0.466 e. The highest BCUT2D eigenvalue weighted by molar-refractivity contribution is 5.71. The van der Waals surface area contributed by atoms with Gasteiger partial charge in [0.1, 0.15) is 5.69 Å². The van der Waals surface area contributed by atoms with Gasteiger partial charge in [-0.2, -0.15) is 5.26 Å². The second-order valence-corrected chi connectivity index (χ2v) is 4.16. The highest BCUT2D eigenvalue weighted by Gasteiger charge is 2.18. The Kier molecular flexibility index (Phi) is 5.47. The van der Waals surface area contributed by atoms with Crippen molar-refractivity contribution >= 4 is 17.3 Å². The van der Waals surface area contributed by atoms with Crippen molar-refractivity contribution in [2.75, 3.05) is 11.9 Å². The Labute approximate surface area is 116 Å². The smallest absolute Gasteiger partial charge is 0.307 e. The predicted molar refractivity (Wildman–Crippen MR) is 72.1 cm³/mol. The van der Waals surface area contributed by atoms with Crippen molar-refractivity contribution in [3.8, 4) is 6.07 Å². The van der Waals surface area contributed by atoms with Crippen LogP contribution in [0.25, 0.3) is 0 Å². The van der Waals surface area contributed by atoms with E-state index in [1.54, 1.807) is 13.8 Å². The Morgan fingerprint density at radius 1 is 1.60 bits per heavy atom. The van der Waals surface area contributed by atoms with Gasteiger partial charge in [-0.05, 0) is 26.0 Å². The molecule has 0 aliphatic rings. The molecule has 106 valence electrons. The molecule has 0 amide bonds. The third-order valence-corrected chi connectivity index (χ3v) is 2.50. The number of rotatable bonds is 6. The van der Waals surface area contributed by atoms with Gasteiger partial charge in [0.15, 0.2) is 0 Å². The van der Waals surface area contributed by atoms with Crippen LogP contribution in [0.1, 0.15) is 25.8 Å². The number of esters is 1. The fraction of sp³-hybridized carbons (Fsp3) is 0.385. The second-order valence-electron chi connectivity index (χ2n) is 4.16. The minimum absolute atomic E-state index is 0.102. The standard InChI is InChI=1S/C13H15N3O4/c1-3-20-13(17)6-9(2)15-11-5-4-10(8-14)7-12(11)16(18)19/h4-5,7,9,15H,3,6H2,1-2H3. The molecule has 0 aliphatic carbocycles. The first-order chi connectivity index (χ1) is 9.47. The lowest BCUT2D eigenvalue weighted by molar-refractivity contribution is -0.384. The molecular formula is C13H15N3O4. The topological polar surface area (TPSA) is 105 Å². The molecule has 0 spiro atoms. The quantitative estimate of drug-likeness (QED) is 0.485. The van der Waals surface area contributed by atoms with Gasteiger partial charge in [-0.3, -0.25) is 14.9 Å². The highest BCUT2D eigenvalue weighted by atomic mass is 16.6. The van der Waals surface area contributed by atoms with Gasteiger partial charge in [0.05, 0.1) is 29.6 Å². The van der Waals surface area contributed by atoms with E-state index in [-0.39, 0.29) is 35.4 Å². The number of anilines is 1. The van der Waals surface area contributed by atoms with Gasteiger partial charge < -0.3 is 10.1 Å². The lowest BCUT2D eigenvalue weighted by Gasteiger charge is -2.14. The van der Waals surface area contributed by atoms with Crippen molar-refractivity contribution in [1.82, 2.24) is 0 Å². The van der Waals surface area contributed by atoms with E-state index in [1.165, 1.54) is 18.2 Å². The lowest BCUT2D eigenvalue weighted by Crippen LogP contribution is -2.21. The normalized spacial score (nSPS) is 11.2. The summed E-state index contributed by atoms with van der Waals surface area (Å²) >= 11 is 0. The van der Waals surface area contributed by atoms with Gasteiger partial charge in [-0.1, -0.05) is 0 Å². The number of carbonyl (C=O) groups is 1. The van der Waals surface area contributed by atoms with E-state index >= 15 is 0 Å². The Balaban J connectivity index is 2.84. The number of nitro groups is 1. The first-order valence-electron chi connectivity index (χ1n) is 6.08. The van der Waals surface area contributed by atoms with Crippen molar-refractivity contribution in [3.63, 3.8) is 0 Å². The maximum absolute atomic E-state index is 11.3. The number of nitriles is 1. The monoisotopic (exact) mass is 277 g/mol. The first-order valence-corrected chi connectivity index (χ1v) is 6.08. The third kappa shape index (κ3) is 4.24. The van der Waals surface area contributed by atoms with Crippen LogP contribution in [-0.4, -0.2) is 23.5 Å². The summed E-state index contributed by atoms with van der Waals surface area (Å²) in [6, 6.07) is 5.66.